The molecule has 0 bridgehead atoms. The monoisotopic (exact) mass is 182 g/mol. The van der Waals surface area contributed by atoms with Crippen LogP contribution in [0.4, 0.5) is 0 Å². The van der Waals surface area contributed by atoms with Gasteiger partial charge in [0.25, 0.3) is 0 Å². The number of nitrogens with one attached hydrogen (secondary N) is 1. The van der Waals surface area contributed by atoms with Crippen LogP contribution >= 0.6 is 11.5 Å². The smallest absolute Gasteiger partial charge is 0.0409 e. The zero-order chi connectivity index (χ0) is 8.39. The highest BCUT2D eigenvalue weighted by Crippen LogP contribution is 2.35. The van der Waals surface area contributed by atoms with E-state index in [2.05, 4.69) is 22.8 Å². The number of hydrogen-bond acceptors (Lipinski definition) is 3. The minimum atomic E-state index is 0.686. The Hall–Kier alpha value is -0.410. The van der Waals surface area contributed by atoms with Crippen molar-refractivity contribution < 1.29 is 0 Å². The van der Waals surface area contributed by atoms with Crippen molar-refractivity contribution in [2.45, 2.75) is 31.2 Å². The predicted molar refractivity (Wildman–Crippen MR) is 51.6 cm³/mol. The first-order valence-electron chi connectivity index (χ1n) is 4.49. The molecular weight excluding hydrogens is 168 g/mol. The molecule has 3 heteroatoms. The highest BCUT2D eigenvalue weighted by atomic mass is 32.1. The summed E-state index contributed by atoms with van der Waals surface area (Å²) in [7, 11) is 2.06. The first kappa shape index (κ1) is 8.20. The third kappa shape index (κ3) is 1.39. The van der Waals surface area contributed by atoms with E-state index in [4.69, 9.17) is 0 Å². The van der Waals surface area contributed by atoms with Crippen molar-refractivity contribution in [3.63, 3.8) is 0 Å². The average molecular weight is 182 g/mol. The first-order chi connectivity index (χ1) is 5.92. The second-order valence-electron chi connectivity index (χ2n) is 3.35. The molecule has 66 valence electrons. The summed E-state index contributed by atoms with van der Waals surface area (Å²) in [5.41, 5.74) is 0. The van der Waals surface area contributed by atoms with Gasteiger partial charge in [-0.25, -0.2) is 4.37 Å². The maximum atomic E-state index is 4.15. The Kier molecular flexibility index (Phi) is 2.42. The molecule has 0 spiro atoms. The predicted octanol–water partition coefficient (Wildman–Crippen LogP) is 2.00. The minimum Gasteiger partial charge on any atom is -0.316 e. The molecule has 1 saturated carbocycles. The molecule has 1 heterocycles. The molecule has 2 atom stereocenters. The van der Waals surface area contributed by atoms with Crippen LogP contribution < -0.4 is 5.32 Å². The van der Waals surface area contributed by atoms with Crippen LogP contribution in [0.25, 0.3) is 0 Å². The van der Waals surface area contributed by atoms with Gasteiger partial charge in [-0.1, -0.05) is 6.42 Å². The van der Waals surface area contributed by atoms with E-state index >= 15 is 0 Å². The minimum absolute atomic E-state index is 0.686. The number of likely N-dealkylation sites (N-methyl/N-ethyl adjacent to an activating group) is 1. The molecular formula is C9H14N2S. The van der Waals surface area contributed by atoms with Gasteiger partial charge in [0.15, 0.2) is 0 Å². The van der Waals surface area contributed by atoms with Gasteiger partial charge < -0.3 is 5.32 Å². The number of aromatic nitrogens is 1. The molecule has 1 N–H and O–H groups in total. The third-order valence-electron chi connectivity index (χ3n) is 2.71. The summed E-state index contributed by atoms with van der Waals surface area (Å²) in [6.45, 7) is 0. The molecule has 0 aliphatic heterocycles. The topological polar surface area (TPSA) is 24.9 Å². The lowest BCUT2D eigenvalue weighted by Crippen LogP contribution is -2.26. The van der Waals surface area contributed by atoms with Crippen molar-refractivity contribution >= 4 is 11.5 Å². The van der Waals surface area contributed by atoms with E-state index in [0.717, 1.165) is 5.92 Å². The van der Waals surface area contributed by atoms with Gasteiger partial charge in [-0.15, -0.1) is 0 Å². The number of hydrogen-bond donors (Lipinski definition) is 1. The van der Waals surface area contributed by atoms with Gasteiger partial charge in [0, 0.05) is 23.0 Å². The van der Waals surface area contributed by atoms with Crippen LogP contribution in [0.5, 0.6) is 0 Å². The van der Waals surface area contributed by atoms with Gasteiger partial charge in [-0.3, -0.25) is 0 Å². The van der Waals surface area contributed by atoms with Crippen LogP contribution in [0.2, 0.25) is 0 Å². The van der Waals surface area contributed by atoms with Crippen molar-refractivity contribution in [2.75, 3.05) is 7.05 Å². The molecule has 1 fully saturated rings. The SMILES string of the molecule is CNC1CCCC1c1ccns1. The summed E-state index contributed by atoms with van der Waals surface area (Å²) < 4.78 is 4.15. The zero-order valence-electron chi connectivity index (χ0n) is 7.29. The van der Waals surface area contributed by atoms with Crippen molar-refractivity contribution in [1.29, 1.82) is 0 Å². The Morgan fingerprint density at radius 3 is 3.17 bits per heavy atom. The van der Waals surface area contributed by atoms with E-state index in [1.54, 1.807) is 11.5 Å². The molecule has 0 amide bonds. The van der Waals surface area contributed by atoms with E-state index in [1.807, 2.05) is 6.20 Å². The van der Waals surface area contributed by atoms with Gasteiger partial charge in [-0.05, 0) is 37.5 Å². The summed E-state index contributed by atoms with van der Waals surface area (Å²) in [5, 5.41) is 3.38. The highest BCUT2D eigenvalue weighted by molar-refractivity contribution is 7.05. The number of nitrogens with zero attached hydrogens (tertiary/aromatic N) is 1. The van der Waals surface area contributed by atoms with Crippen molar-refractivity contribution in [3.05, 3.63) is 17.1 Å². The van der Waals surface area contributed by atoms with Crippen molar-refractivity contribution in [1.82, 2.24) is 9.69 Å². The van der Waals surface area contributed by atoms with Crippen LogP contribution in [-0.4, -0.2) is 17.5 Å². The third-order valence-corrected chi connectivity index (χ3v) is 3.59. The second kappa shape index (κ2) is 3.54. The average Bonchev–Trinajstić information content (AvgIpc) is 2.74. The van der Waals surface area contributed by atoms with Gasteiger partial charge >= 0.3 is 0 Å². The van der Waals surface area contributed by atoms with Crippen molar-refractivity contribution in [2.24, 2.45) is 0 Å². The number of rotatable bonds is 2. The first-order valence-corrected chi connectivity index (χ1v) is 5.27. The van der Waals surface area contributed by atoms with Gasteiger partial charge in [0.1, 0.15) is 0 Å². The maximum Gasteiger partial charge on any atom is 0.0409 e. The summed E-state index contributed by atoms with van der Waals surface area (Å²) in [6.07, 6.45) is 5.91. The lowest BCUT2D eigenvalue weighted by molar-refractivity contribution is 0.527. The van der Waals surface area contributed by atoms with Crippen LogP contribution in [0, 0.1) is 0 Å². The Morgan fingerprint density at radius 1 is 1.58 bits per heavy atom. The molecule has 0 radical (unpaired) electrons. The Bertz CT molecular complexity index is 233. The standard InChI is InChI=1S/C9H14N2S/c1-10-8-4-2-3-7(8)9-5-6-11-12-9/h5-8,10H,2-4H2,1H3. The lowest BCUT2D eigenvalue weighted by Gasteiger charge is -2.16. The van der Waals surface area contributed by atoms with Crippen molar-refractivity contribution in [3.8, 4) is 0 Å². The fraction of sp³-hybridized carbons (Fsp3) is 0.667. The zero-order valence-corrected chi connectivity index (χ0v) is 8.10. The van der Waals surface area contributed by atoms with E-state index in [0.29, 0.717) is 6.04 Å². The molecule has 12 heavy (non-hydrogen) atoms. The fourth-order valence-corrected chi connectivity index (χ4v) is 2.85. The van der Waals surface area contributed by atoms with Crippen LogP contribution in [0.3, 0.4) is 0 Å². The summed E-state index contributed by atoms with van der Waals surface area (Å²) in [5.74, 6) is 0.725. The quantitative estimate of drug-likeness (QED) is 0.756. The molecule has 2 nitrogen and oxygen atoms in total. The molecule has 2 rings (SSSR count). The lowest BCUT2D eigenvalue weighted by atomic mass is 10.0. The Morgan fingerprint density at radius 2 is 2.50 bits per heavy atom. The van der Waals surface area contributed by atoms with Gasteiger partial charge in [0.05, 0.1) is 0 Å². The van der Waals surface area contributed by atoms with Crippen LogP contribution in [-0.2, 0) is 0 Å². The largest absolute Gasteiger partial charge is 0.316 e. The van der Waals surface area contributed by atoms with E-state index in [-0.39, 0.29) is 0 Å². The van der Waals surface area contributed by atoms with E-state index in [1.165, 1.54) is 24.1 Å². The summed E-state index contributed by atoms with van der Waals surface area (Å²) in [4.78, 5) is 1.45. The maximum absolute atomic E-state index is 4.15. The molecule has 1 aromatic rings. The van der Waals surface area contributed by atoms with Crippen LogP contribution in [0.1, 0.15) is 30.1 Å². The fourth-order valence-electron chi connectivity index (χ4n) is 2.06. The Labute approximate surface area is 77.2 Å². The second-order valence-corrected chi connectivity index (χ2v) is 4.21. The van der Waals surface area contributed by atoms with E-state index < -0.39 is 0 Å². The van der Waals surface area contributed by atoms with E-state index in [9.17, 15) is 0 Å². The molecule has 0 saturated heterocycles. The molecule has 1 aliphatic rings. The summed E-state index contributed by atoms with van der Waals surface area (Å²) >= 11 is 1.65. The molecule has 0 aromatic carbocycles. The van der Waals surface area contributed by atoms with Gasteiger partial charge in [-0.2, -0.15) is 0 Å². The van der Waals surface area contributed by atoms with Gasteiger partial charge in [0.2, 0.25) is 0 Å². The normalized spacial score (nSPS) is 29.4. The van der Waals surface area contributed by atoms with Crippen LogP contribution in [0.15, 0.2) is 12.3 Å². The Balaban J connectivity index is 2.13. The summed E-state index contributed by atoms with van der Waals surface area (Å²) in [6, 6.07) is 2.84. The molecule has 1 aromatic heterocycles. The highest BCUT2D eigenvalue weighted by Gasteiger charge is 2.27. The molecule has 2 unspecified atom stereocenters. The molecule has 1 aliphatic carbocycles.